The van der Waals surface area contributed by atoms with Crippen LogP contribution in [-0.4, -0.2) is 28.0 Å². The van der Waals surface area contributed by atoms with E-state index >= 15 is 0 Å². The molecule has 1 aliphatic carbocycles. The van der Waals surface area contributed by atoms with Crippen LogP contribution in [0.5, 0.6) is 0 Å². The van der Waals surface area contributed by atoms with Crippen LogP contribution in [0.2, 0.25) is 0 Å². The third-order valence-corrected chi connectivity index (χ3v) is 3.39. The Kier molecular flexibility index (Phi) is 3.57. The second-order valence-electron chi connectivity index (χ2n) is 5.15. The van der Waals surface area contributed by atoms with Gasteiger partial charge in [-0.3, -0.25) is 14.6 Å². The molecule has 7 heteroatoms. The maximum absolute atomic E-state index is 11.6. The molecule has 104 valence electrons. The molecule has 0 spiro atoms. The number of hydrogen-bond donors (Lipinski definition) is 4. The summed E-state index contributed by atoms with van der Waals surface area (Å²) in [7, 11) is 0. The molecule has 0 atom stereocenters. The van der Waals surface area contributed by atoms with Crippen LogP contribution in [0.4, 0.5) is 0 Å². The summed E-state index contributed by atoms with van der Waals surface area (Å²) in [6.07, 6.45) is 2.37. The third-order valence-electron chi connectivity index (χ3n) is 3.39. The molecule has 0 radical (unpaired) electrons. The summed E-state index contributed by atoms with van der Waals surface area (Å²) < 4.78 is 0. The largest absolute Gasteiger partial charge is 0.354 e. The molecular weight excluding hydrogens is 248 g/mol. The molecule has 1 aliphatic rings. The van der Waals surface area contributed by atoms with Crippen LogP contribution in [0.15, 0.2) is 9.59 Å². The van der Waals surface area contributed by atoms with E-state index in [9.17, 15) is 14.4 Å². The molecule has 0 aromatic carbocycles. The number of rotatable bonds is 5. The van der Waals surface area contributed by atoms with Crippen molar-refractivity contribution in [2.75, 3.05) is 6.54 Å². The molecule has 2 rings (SSSR count). The van der Waals surface area contributed by atoms with Gasteiger partial charge < -0.3 is 16.0 Å². The number of nitrogens with one attached hydrogen (secondary N) is 3. The van der Waals surface area contributed by atoms with Gasteiger partial charge in [0.15, 0.2) is 0 Å². The van der Waals surface area contributed by atoms with Crippen molar-refractivity contribution in [1.82, 2.24) is 15.3 Å². The van der Waals surface area contributed by atoms with E-state index in [0.29, 0.717) is 24.2 Å². The van der Waals surface area contributed by atoms with E-state index in [1.165, 1.54) is 0 Å². The fourth-order valence-electron chi connectivity index (χ4n) is 1.87. The zero-order valence-corrected chi connectivity index (χ0v) is 10.8. The smallest absolute Gasteiger partial charge is 0.325 e. The van der Waals surface area contributed by atoms with Crippen molar-refractivity contribution in [2.24, 2.45) is 5.73 Å². The van der Waals surface area contributed by atoms with Crippen LogP contribution < -0.4 is 22.3 Å². The van der Waals surface area contributed by atoms with E-state index in [1.807, 2.05) is 0 Å². The van der Waals surface area contributed by atoms with Gasteiger partial charge in [-0.2, -0.15) is 0 Å². The molecule has 1 fully saturated rings. The van der Waals surface area contributed by atoms with Gasteiger partial charge >= 0.3 is 5.69 Å². The van der Waals surface area contributed by atoms with Gasteiger partial charge in [0.2, 0.25) is 5.91 Å². The number of nitrogens with two attached hydrogens (primary N) is 1. The predicted octanol–water partition coefficient (Wildman–Crippen LogP) is -1.09. The van der Waals surface area contributed by atoms with E-state index in [-0.39, 0.29) is 17.9 Å². The number of carbonyl (C=O) groups is 1. The first kappa shape index (κ1) is 13.5. The molecule has 5 N–H and O–H groups in total. The summed E-state index contributed by atoms with van der Waals surface area (Å²) in [6.45, 7) is 2.12. The average molecular weight is 266 g/mol. The summed E-state index contributed by atoms with van der Waals surface area (Å²) >= 11 is 0. The maximum atomic E-state index is 11.6. The molecule has 1 aromatic rings. The van der Waals surface area contributed by atoms with Crippen molar-refractivity contribution >= 4 is 5.91 Å². The molecule has 7 nitrogen and oxygen atoms in total. The fraction of sp³-hybridized carbons (Fsp3) is 0.583. The molecule has 0 bridgehead atoms. The normalized spacial score (nSPS) is 16.1. The Morgan fingerprint density at radius 1 is 1.37 bits per heavy atom. The van der Waals surface area contributed by atoms with Gasteiger partial charge in [0.25, 0.3) is 5.56 Å². The lowest BCUT2D eigenvalue weighted by molar-refractivity contribution is -0.121. The highest BCUT2D eigenvalue weighted by Crippen LogP contribution is 2.30. The number of aryl methyl sites for hydroxylation is 1. The van der Waals surface area contributed by atoms with Gasteiger partial charge in [-0.05, 0) is 26.2 Å². The van der Waals surface area contributed by atoms with Crippen molar-refractivity contribution in [3.8, 4) is 0 Å². The Balaban J connectivity index is 1.90. The van der Waals surface area contributed by atoms with Crippen molar-refractivity contribution < 1.29 is 4.79 Å². The van der Waals surface area contributed by atoms with Crippen LogP contribution in [0.25, 0.3) is 0 Å². The fourth-order valence-corrected chi connectivity index (χ4v) is 1.87. The number of amides is 1. The lowest BCUT2D eigenvalue weighted by Crippen LogP contribution is -2.39. The van der Waals surface area contributed by atoms with Crippen molar-refractivity contribution in [3.05, 3.63) is 32.1 Å². The molecule has 0 unspecified atom stereocenters. The molecule has 19 heavy (non-hydrogen) atoms. The Bertz CT molecular complexity index is 598. The van der Waals surface area contributed by atoms with Crippen molar-refractivity contribution in [3.63, 3.8) is 0 Å². The van der Waals surface area contributed by atoms with Gasteiger partial charge in [0.1, 0.15) is 0 Å². The van der Waals surface area contributed by atoms with Crippen LogP contribution in [-0.2, 0) is 11.2 Å². The zero-order valence-electron chi connectivity index (χ0n) is 10.8. The molecular formula is C12H18N4O3. The minimum Gasteiger partial charge on any atom is -0.354 e. The third kappa shape index (κ3) is 3.54. The van der Waals surface area contributed by atoms with E-state index in [4.69, 9.17) is 5.73 Å². The lowest BCUT2D eigenvalue weighted by atomic mass is 10.1. The van der Waals surface area contributed by atoms with Gasteiger partial charge in [-0.1, -0.05) is 0 Å². The van der Waals surface area contributed by atoms with Crippen LogP contribution in [0, 0.1) is 6.92 Å². The van der Waals surface area contributed by atoms with Crippen molar-refractivity contribution in [1.29, 1.82) is 0 Å². The summed E-state index contributed by atoms with van der Waals surface area (Å²) in [4.78, 5) is 38.9. The van der Waals surface area contributed by atoms with Crippen molar-refractivity contribution in [2.45, 2.75) is 38.1 Å². The van der Waals surface area contributed by atoms with Gasteiger partial charge in [-0.25, -0.2) is 4.79 Å². The molecule has 0 saturated heterocycles. The Hall–Kier alpha value is -1.89. The summed E-state index contributed by atoms with van der Waals surface area (Å²) in [5, 5.41) is 2.76. The Morgan fingerprint density at radius 3 is 2.63 bits per heavy atom. The van der Waals surface area contributed by atoms with Crippen LogP contribution in [0.3, 0.4) is 0 Å². The molecule has 1 aromatic heterocycles. The SMILES string of the molecule is Cc1[nH]c(=O)[nH]c(=O)c1CCC(=O)NCC1(N)CC1. The minimum atomic E-state index is -0.533. The highest BCUT2D eigenvalue weighted by Gasteiger charge is 2.38. The van der Waals surface area contributed by atoms with E-state index in [2.05, 4.69) is 15.3 Å². The molecule has 1 saturated carbocycles. The number of carbonyl (C=O) groups excluding carboxylic acids is 1. The van der Waals surface area contributed by atoms with Crippen LogP contribution >= 0.6 is 0 Å². The second kappa shape index (κ2) is 5.00. The number of aromatic nitrogens is 2. The summed E-state index contributed by atoms with van der Waals surface area (Å²) in [6, 6.07) is 0. The Morgan fingerprint density at radius 2 is 2.05 bits per heavy atom. The van der Waals surface area contributed by atoms with Crippen LogP contribution in [0.1, 0.15) is 30.5 Å². The van der Waals surface area contributed by atoms with Gasteiger partial charge in [0, 0.05) is 29.8 Å². The van der Waals surface area contributed by atoms with Gasteiger partial charge in [0.05, 0.1) is 0 Å². The number of aromatic amines is 2. The first-order valence-electron chi connectivity index (χ1n) is 6.27. The molecule has 1 heterocycles. The number of H-pyrrole nitrogens is 2. The molecule has 0 aliphatic heterocycles. The maximum Gasteiger partial charge on any atom is 0.325 e. The standard InChI is InChI=1S/C12H18N4O3/c1-7-8(10(18)16-11(19)15-7)2-3-9(17)14-6-12(13)4-5-12/h2-6,13H2,1H3,(H,14,17)(H2,15,16,18,19). The quantitative estimate of drug-likeness (QED) is 0.541. The molecule has 1 amide bonds. The van der Waals surface area contributed by atoms with E-state index < -0.39 is 11.2 Å². The zero-order chi connectivity index (χ0) is 14.0. The highest BCUT2D eigenvalue weighted by molar-refractivity contribution is 5.76. The highest BCUT2D eigenvalue weighted by atomic mass is 16.2. The first-order chi connectivity index (χ1) is 8.89. The average Bonchev–Trinajstić information content (AvgIpc) is 3.04. The second-order valence-corrected chi connectivity index (χ2v) is 5.15. The summed E-state index contributed by atoms with van der Waals surface area (Å²) in [5.74, 6) is -0.137. The summed E-state index contributed by atoms with van der Waals surface area (Å²) in [5.41, 5.74) is 5.60. The monoisotopic (exact) mass is 266 g/mol. The van der Waals surface area contributed by atoms with E-state index in [1.54, 1.807) is 6.92 Å². The lowest BCUT2D eigenvalue weighted by Gasteiger charge is -2.10. The topological polar surface area (TPSA) is 121 Å². The minimum absolute atomic E-state index is 0.137. The number of hydrogen-bond acceptors (Lipinski definition) is 4. The van der Waals surface area contributed by atoms with E-state index in [0.717, 1.165) is 12.8 Å². The Labute approximate surface area is 109 Å². The van der Waals surface area contributed by atoms with Gasteiger partial charge in [-0.15, -0.1) is 0 Å². The predicted molar refractivity (Wildman–Crippen MR) is 69.9 cm³/mol. The first-order valence-corrected chi connectivity index (χ1v) is 6.27.